The van der Waals surface area contributed by atoms with Crippen molar-refractivity contribution in [3.05, 3.63) is 89.9 Å². The number of hydrogen-bond acceptors (Lipinski definition) is 5. The number of ether oxygens (including phenoxy) is 3. The Morgan fingerprint density at radius 1 is 1.09 bits per heavy atom. The van der Waals surface area contributed by atoms with Gasteiger partial charge in [-0.2, -0.15) is 8.78 Å². The average molecular weight is 467 g/mol. The van der Waals surface area contributed by atoms with E-state index in [9.17, 15) is 13.6 Å². The van der Waals surface area contributed by atoms with E-state index in [2.05, 4.69) is 9.72 Å². The molecule has 0 N–H and O–H groups in total. The van der Waals surface area contributed by atoms with Crippen LogP contribution in [-0.2, 0) is 13.2 Å². The molecule has 0 saturated heterocycles. The van der Waals surface area contributed by atoms with E-state index >= 15 is 0 Å². The van der Waals surface area contributed by atoms with E-state index in [0.717, 1.165) is 11.3 Å². The Morgan fingerprint density at radius 3 is 2.71 bits per heavy atom. The molecular formula is C25H23F2N3O4. The number of carbonyl (C=O) groups is 1. The molecule has 0 aliphatic carbocycles. The molecule has 9 heteroatoms. The van der Waals surface area contributed by atoms with Gasteiger partial charge >= 0.3 is 6.61 Å². The smallest absolute Gasteiger partial charge is 0.387 e. The van der Waals surface area contributed by atoms with E-state index < -0.39 is 6.61 Å². The van der Waals surface area contributed by atoms with Crippen LogP contribution < -0.4 is 14.2 Å². The third-order valence-corrected chi connectivity index (χ3v) is 5.09. The zero-order valence-electron chi connectivity index (χ0n) is 18.7. The molecule has 7 nitrogen and oxygen atoms in total. The van der Waals surface area contributed by atoms with Gasteiger partial charge in [-0.15, -0.1) is 0 Å². The first-order chi connectivity index (χ1) is 16.4. The highest BCUT2D eigenvalue weighted by Gasteiger charge is 2.16. The number of imidazole rings is 1. The minimum Gasteiger partial charge on any atom is -0.493 e. The summed E-state index contributed by atoms with van der Waals surface area (Å²) in [5.74, 6) is 0.434. The van der Waals surface area contributed by atoms with Gasteiger partial charge in [0.25, 0.3) is 5.91 Å². The summed E-state index contributed by atoms with van der Waals surface area (Å²) in [5, 5.41) is 0. The van der Waals surface area contributed by atoms with Crippen LogP contribution in [0.15, 0.2) is 73.1 Å². The van der Waals surface area contributed by atoms with Crippen molar-refractivity contribution >= 4 is 11.6 Å². The van der Waals surface area contributed by atoms with Crippen molar-refractivity contribution in [2.45, 2.75) is 19.8 Å². The third kappa shape index (κ3) is 5.43. The topological polar surface area (TPSA) is 65.3 Å². The first-order valence-corrected chi connectivity index (χ1v) is 10.5. The zero-order chi connectivity index (χ0) is 24.1. The molecule has 1 amide bonds. The highest BCUT2D eigenvalue weighted by atomic mass is 19.3. The summed E-state index contributed by atoms with van der Waals surface area (Å²) in [7, 11) is 3.02. The Hall–Kier alpha value is -4.14. The first-order valence-electron chi connectivity index (χ1n) is 10.5. The minimum atomic E-state index is -2.95. The predicted octanol–water partition coefficient (Wildman–Crippen LogP) is 4.80. The van der Waals surface area contributed by atoms with Crippen LogP contribution in [0.3, 0.4) is 0 Å². The van der Waals surface area contributed by atoms with Gasteiger partial charge in [-0.05, 0) is 48.0 Å². The van der Waals surface area contributed by atoms with Crippen LogP contribution in [0.4, 0.5) is 8.78 Å². The van der Waals surface area contributed by atoms with Gasteiger partial charge in [0.2, 0.25) is 0 Å². The van der Waals surface area contributed by atoms with Crippen molar-refractivity contribution in [3.8, 4) is 17.2 Å². The molecular weight excluding hydrogens is 444 g/mol. The number of fused-ring (bicyclic) bond motifs is 1. The molecule has 176 valence electrons. The van der Waals surface area contributed by atoms with E-state index in [1.807, 2.05) is 35.0 Å². The number of halogens is 2. The number of carbonyl (C=O) groups excluding carboxylic acids is 1. The van der Waals surface area contributed by atoms with E-state index in [4.69, 9.17) is 9.47 Å². The van der Waals surface area contributed by atoms with Gasteiger partial charge in [0.15, 0.2) is 11.5 Å². The Balaban J connectivity index is 1.41. The quantitative estimate of drug-likeness (QED) is 0.354. The van der Waals surface area contributed by atoms with Crippen LogP contribution in [0.25, 0.3) is 5.65 Å². The molecule has 2 heterocycles. The zero-order valence-corrected chi connectivity index (χ0v) is 18.7. The third-order valence-electron chi connectivity index (χ3n) is 5.09. The van der Waals surface area contributed by atoms with Crippen molar-refractivity contribution in [2.24, 2.45) is 0 Å². The molecule has 34 heavy (non-hydrogen) atoms. The Labute approximate surface area is 195 Å². The number of benzene rings is 2. The summed E-state index contributed by atoms with van der Waals surface area (Å²) in [6, 6.07) is 17.2. The van der Waals surface area contributed by atoms with Crippen LogP contribution in [0.5, 0.6) is 17.2 Å². The average Bonchev–Trinajstić information content (AvgIpc) is 3.26. The van der Waals surface area contributed by atoms with Gasteiger partial charge in [-0.25, -0.2) is 4.98 Å². The van der Waals surface area contributed by atoms with Crippen molar-refractivity contribution in [3.63, 3.8) is 0 Å². The molecule has 0 bridgehead atoms. The molecule has 0 aliphatic rings. The fourth-order valence-corrected chi connectivity index (χ4v) is 3.50. The lowest BCUT2D eigenvalue weighted by Gasteiger charge is -2.19. The number of amides is 1. The molecule has 2 aromatic heterocycles. The summed E-state index contributed by atoms with van der Waals surface area (Å²) < 4.78 is 42.4. The second kappa shape index (κ2) is 10.2. The fourth-order valence-electron chi connectivity index (χ4n) is 3.50. The van der Waals surface area contributed by atoms with Crippen molar-refractivity contribution in [1.29, 1.82) is 0 Å². The van der Waals surface area contributed by atoms with Gasteiger partial charge in [0.05, 0.1) is 12.8 Å². The predicted molar refractivity (Wildman–Crippen MR) is 121 cm³/mol. The summed E-state index contributed by atoms with van der Waals surface area (Å²) in [6.07, 6.45) is 3.81. The molecule has 0 atom stereocenters. The summed E-state index contributed by atoms with van der Waals surface area (Å²) in [6.45, 7) is -2.44. The number of aromatic nitrogens is 2. The van der Waals surface area contributed by atoms with E-state index in [1.165, 1.54) is 18.1 Å². The lowest BCUT2D eigenvalue weighted by Crippen LogP contribution is -2.26. The van der Waals surface area contributed by atoms with Crippen molar-refractivity contribution < 1.29 is 27.8 Å². The van der Waals surface area contributed by atoms with Crippen LogP contribution in [0.1, 0.15) is 21.6 Å². The van der Waals surface area contributed by atoms with Gasteiger partial charge < -0.3 is 23.5 Å². The van der Waals surface area contributed by atoms with E-state index in [0.29, 0.717) is 16.9 Å². The van der Waals surface area contributed by atoms with E-state index in [1.54, 1.807) is 43.4 Å². The Morgan fingerprint density at radius 2 is 1.94 bits per heavy atom. The highest BCUT2D eigenvalue weighted by molar-refractivity contribution is 5.94. The van der Waals surface area contributed by atoms with Crippen LogP contribution in [0.2, 0.25) is 0 Å². The summed E-state index contributed by atoms with van der Waals surface area (Å²) in [5.41, 5.74) is 2.76. The van der Waals surface area contributed by atoms with Crippen LogP contribution >= 0.6 is 0 Å². The SMILES string of the molecule is COc1cc(CN(C)C(=O)c2cccc(OCc3cn4ccccc4n3)c2)ccc1OC(F)F. The summed E-state index contributed by atoms with van der Waals surface area (Å²) >= 11 is 0. The number of rotatable bonds is 9. The molecule has 0 saturated carbocycles. The highest BCUT2D eigenvalue weighted by Crippen LogP contribution is 2.30. The standard InChI is InChI=1S/C25H23F2N3O4/c1-29(14-17-9-10-21(34-25(26)27)22(12-17)32-2)24(31)18-6-5-7-20(13-18)33-16-19-15-30-11-4-3-8-23(30)28-19/h3-13,15,25H,14,16H2,1-2H3. The summed E-state index contributed by atoms with van der Waals surface area (Å²) in [4.78, 5) is 19.0. The maximum absolute atomic E-state index is 13.0. The van der Waals surface area contributed by atoms with Gasteiger partial charge in [-0.3, -0.25) is 4.79 Å². The maximum atomic E-state index is 13.0. The van der Waals surface area contributed by atoms with Gasteiger partial charge in [-0.1, -0.05) is 18.2 Å². The van der Waals surface area contributed by atoms with Crippen molar-refractivity contribution in [1.82, 2.24) is 14.3 Å². The van der Waals surface area contributed by atoms with Crippen molar-refractivity contribution in [2.75, 3.05) is 14.2 Å². The van der Waals surface area contributed by atoms with Gasteiger partial charge in [0, 0.05) is 31.5 Å². The maximum Gasteiger partial charge on any atom is 0.387 e. The molecule has 0 aliphatic heterocycles. The second-order valence-corrected chi connectivity index (χ2v) is 7.54. The lowest BCUT2D eigenvalue weighted by molar-refractivity contribution is -0.0512. The van der Waals surface area contributed by atoms with E-state index in [-0.39, 0.29) is 30.6 Å². The molecule has 0 fully saturated rings. The number of pyridine rings is 1. The monoisotopic (exact) mass is 467 g/mol. The molecule has 2 aromatic carbocycles. The second-order valence-electron chi connectivity index (χ2n) is 7.54. The Kier molecular flexibility index (Phi) is 6.91. The molecule has 0 radical (unpaired) electrons. The Bertz CT molecular complexity index is 1260. The lowest BCUT2D eigenvalue weighted by atomic mass is 10.1. The largest absolute Gasteiger partial charge is 0.493 e. The number of methoxy groups -OCH3 is 1. The molecule has 4 rings (SSSR count). The number of hydrogen-bond donors (Lipinski definition) is 0. The fraction of sp³-hybridized carbons (Fsp3) is 0.200. The minimum absolute atomic E-state index is 0.0642. The van der Waals surface area contributed by atoms with Gasteiger partial charge in [0.1, 0.15) is 18.0 Å². The van der Waals surface area contributed by atoms with Crippen LogP contribution in [0, 0.1) is 0 Å². The number of alkyl halides is 2. The molecule has 0 unspecified atom stereocenters. The first kappa shape index (κ1) is 23.0. The van der Waals surface area contributed by atoms with Crippen LogP contribution in [-0.4, -0.2) is 41.0 Å². The number of nitrogens with zero attached hydrogens (tertiary/aromatic N) is 3. The molecule has 4 aromatic rings. The normalized spacial score (nSPS) is 11.0. The molecule has 0 spiro atoms.